The van der Waals surface area contributed by atoms with E-state index in [1.165, 1.54) is 0 Å². The molecule has 0 saturated carbocycles. The average Bonchev–Trinajstić information content (AvgIpc) is 2.50. The van der Waals surface area contributed by atoms with Gasteiger partial charge in [0.2, 0.25) is 0 Å². The zero-order valence-corrected chi connectivity index (χ0v) is 11.8. The summed E-state index contributed by atoms with van der Waals surface area (Å²) >= 11 is 0. The van der Waals surface area contributed by atoms with Gasteiger partial charge in [0, 0.05) is 11.1 Å². The van der Waals surface area contributed by atoms with E-state index in [9.17, 15) is 14.7 Å². The Kier molecular flexibility index (Phi) is 5.94. The fourth-order valence-corrected chi connectivity index (χ4v) is 1.78. The molecule has 21 heavy (non-hydrogen) atoms. The first-order chi connectivity index (χ1) is 9.95. The van der Waals surface area contributed by atoms with Crippen molar-refractivity contribution in [2.45, 2.75) is 38.4 Å². The Hall–Kier alpha value is -2.32. The van der Waals surface area contributed by atoms with Crippen LogP contribution in [0.3, 0.4) is 0 Å². The number of hydrogen-bond acceptors (Lipinski definition) is 4. The van der Waals surface area contributed by atoms with Crippen molar-refractivity contribution in [1.82, 2.24) is 0 Å². The standard InChI is InChI=1S/C16H18O5/c1-3-5-10-16(20,14(17)18)15(19)21-11-13-9-7-6-8-12(13)4-2/h2,6-9,20H,3,5,10-11H2,1H3,(H,17,18). The Morgan fingerprint density at radius 3 is 2.62 bits per heavy atom. The maximum Gasteiger partial charge on any atom is 0.350 e. The van der Waals surface area contributed by atoms with Crippen LogP contribution in [0.2, 0.25) is 0 Å². The van der Waals surface area contributed by atoms with Gasteiger partial charge < -0.3 is 14.9 Å². The van der Waals surface area contributed by atoms with Gasteiger partial charge >= 0.3 is 11.9 Å². The molecule has 0 fully saturated rings. The van der Waals surface area contributed by atoms with Gasteiger partial charge in [0.1, 0.15) is 6.61 Å². The highest BCUT2D eigenvalue weighted by atomic mass is 16.6. The van der Waals surface area contributed by atoms with Gasteiger partial charge in [0.15, 0.2) is 0 Å². The van der Waals surface area contributed by atoms with Crippen LogP contribution in [0.15, 0.2) is 24.3 Å². The second kappa shape index (κ2) is 7.46. The zero-order valence-electron chi connectivity index (χ0n) is 11.8. The number of esters is 1. The molecule has 112 valence electrons. The first-order valence-corrected chi connectivity index (χ1v) is 6.63. The quantitative estimate of drug-likeness (QED) is 0.454. The van der Waals surface area contributed by atoms with E-state index in [0.29, 0.717) is 24.0 Å². The molecule has 1 rings (SSSR count). The van der Waals surface area contributed by atoms with E-state index in [1.807, 2.05) is 6.92 Å². The topological polar surface area (TPSA) is 83.8 Å². The van der Waals surface area contributed by atoms with Crippen LogP contribution in [-0.4, -0.2) is 27.8 Å². The van der Waals surface area contributed by atoms with E-state index in [4.69, 9.17) is 16.3 Å². The van der Waals surface area contributed by atoms with Crippen LogP contribution in [0.5, 0.6) is 0 Å². The summed E-state index contributed by atoms with van der Waals surface area (Å²) in [6.07, 6.45) is 6.19. The smallest absolute Gasteiger partial charge is 0.350 e. The molecule has 5 nitrogen and oxygen atoms in total. The van der Waals surface area contributed by atoms with Crippen molar-refractivity contribution in [2.24, 2.45) is 0 Å². The predicted octanol–water partition coefficient (Wildman–Crippen LogP) is 1.72. The molecule has 0 aromatic heterocycles. The Morgan fingerprint density at radius 2 is 2.05 bits per heavy atom. The van der Waals surface area contributed by atoms with Crippen molar-refractivity contribution in [2.75, 3.05) is 0 Å². The molecule has 0 saturated heterocycles. The largest absolute Gasteiger partial charge is 0.479 e. The van der Waals surface area contributed by atoms with Crippen molar-refractivity contribution in [3.05, 3.63) is 35.4 Å². The zero-order chi connectivity index (χ0) is 15.9. The Labute approximate surface area is 123 Å². The average molecular weight is 290 g/mol. The van der Waals surface area contributed by atoms with E-state index in [1.54, 1.807) is 24.3 Å². The minimum absolute atomic E-state index is 0.180. The van der Waals surface area contributed by atoms with Crippen molar-refractivity contribution < 1.29 is 24.5 Å². The fraction of sp³-hybridized carbons (Fsp3) is 0.375. The summed E-state index contributed by atoms with van der Waals surface area (Å²) in [5.41, 5.74) is -1.38. The number of carboxylic acids is 1. The third kappa shape index (κ3) is 4.07. The van der Waals surface area contributed by atoms with Crippen LogP contribution in [-0.2, 0) is 20.9 Å². The molecule has 1 atom stereocenters. The van der Waals surface area contributed by atoms with E-state index < -0.39 is 17.5 Å². The highest BCUT2D eigenvalue weighted by Crippen LogP contribution is 2.18. The molecule has 0 aliphatic carbocycles. The third-order valence-electron chi connectivity index (χ3n) is 3.12. The molecule has 5 heteroatoms. The molecule has 0 heterocycles. The summed E-state index contributed by atoms with van der Waals surface area (Å²) in [4.78, 5) is 23.0. The number of aliphatic carboxylic acids is 1. The van der Waals surface area contributed by atoms with Crippen molar-refractivity contribution in [3.63, 3.8) is 0 Å². The molecule has 0 aliphatic heterocycles. The summed E-state index contributed by atoms with van der Waals surface area (Å²) in [7, 11) is 0. The van der Waals surface area contributed by atoms with Crippen LogP contribution in [0.25, 0.3) is 0 Å². The molecule has 1 aromatic rings. The van der Waals surface area contributed by atoms with Crippen molar-refractivity contribution >= 4 is 11.9 Å². The maximum absolute atomic E-state index is 11.9. The minimum atomic E-state index is -2.51. The molecular weight excluding hydrogens is 272 g/mol. The van der Waals surface area contributed by atoms with Gasteiger partial charge in [-0.25, -0.2) is 9.59 Å². The summed E-state index contributed by atoms with van der Waals surface area (Å²) in [5, 5.41) is 19.0. The highest BCUT2D eigenvalue weighted by Gasteiger charge is 2.45. The number of carbonyl (C=O) groups excluding carboxylic acids is 1. The minimum Gasteiger partial charge on any atom is -0.479 e. The van der Waals surface area contributed by atoms with Crippen LogP contribution < -0.4 is 0 Å². The molecule has 0 spiro atoms. The summed E-state index contributed by atoms with van der Waals surface area (Å²) in [6, 6.07) is 6.83. The van der Waals surface area contributed by atoms with Crippen molar-refractivity contribution in [3.8, 4) is 12.3 Å². The van der Waals surface area contributed by atoms with Crippen LogP contribution in [0, 0.1) is 12.3 Å². The van der Waals surface area contributed by atoms with Gasteiger partial charge in [-0.15, -0.1) is 6.42 Å². The first kappa shape index (κ1) is 16.7. The third-order valence-corrected chi connectivity index (χ3v) is 3.12. The summed E-state index contributed by atoms with van der Waals surface area (Å²) in [5.74, 6) is -0.331. The number of terminal acetylenes is 1. The van der Waals surface area contributed by atoms with Crippen LogP contribution in [0.1, 0.15) is 37.3 Å². The Morgan fingerprint density at radius 1 is 1.38 bits per heavy atom. The number of benzene rings is 1. The number of carboxylic acid groups (broad SMARTS) is 1. The normalized spacial score (nSPS) is 13.0. The van der Waals surface area contributed by atoms with Gasteiger partial charge in [-0.3, -0.25) is 0 Å². The van der Waals surface area contributed by atoms with Gasteiger partial charge in [-0.05, 0) is 18.9 Å². The number of rotatable bonds is 7. The number of hydrogen-bond donors (Lipinski definition) is 2. The number of unbranched alkanes of at least 4 members (excludes halogenated alkanes) is 1. The van der Waals surface area contributed by atoms with E-state index in [-0.39, 0.29) is 13.0 Å². The lowest BCUT2D eigenvalue weighted by Crippen LogP contribution is -2.47. The molecule has 0 bridgehead atoms. The van der Waals surface area contributed by atoms with Gasteiger partial charge in [0.05, 0.1) is 0 Å². The summed E-state index contributed by atoms with van der Waals surface area (Å²) < 4.78 is 4.93. The SMILES string of the molecule is C#Cc1ccccc1COC(=O)C(O)(CCCC)C(=O)O. The van der Waals surface area contributed by atoms with Gasteiger partial charge in [-0.1, -0.05) is 37.5 Å². The van der Waals surface area contributed by atoms with Crippen LogP contribution >= 0.6 is 0 Å². The van der Waals surface area contributed by atoms with Gasteiger partial charge in [0.25, 0.3) is 5.60 Å². The predicted molar refractivity (Wildman–Crippen MR) is 76.3 cm³/mol. The van der Waals surface area contributed by atoms with Crippen LogP contribution in [0.4, 0.5) is 0 Å². The molecule has 0 aliphatic rings. The van der Waals surface area contributed by atoms with E-state index in [0.717, 1.165) is 0 Å². The second-order valence-electron chi connectivity index (χ2n) is 4.65. The van der Waals surface area contributed by atoms with Gasteiger partial charge in [-0.2, -0.15) is 0 Å². The molecular formula is C16H18O5. The number of ether oxygens (including phenoxy) is 1. The molecule has 1 unspecified atom stereocenters. The molecule has 0 radical (unpaired) electrons. The van der Waals surface area contributed by atoms with Crippen molar-refractivity contribution in [1.29, 1.82) is 0 Å². The second-order valence-corrected chi connectivity index (χ2v) is 4.65. The Bertz CT molecular complexity index is 558. The first-order valence-electron chi connectivity index (χ1n) is 6.63. The molecule has 2 N–H and O–H groups in total. The lowest BCUT2D eigenvalue weighted by atomic mass is 9.97. The lowest BCUT2D eigenvalue weighted by molar-refractivity contribution is -0.182. The number of aliphatic hydroxyl groups is 1. The fourth-order valence-electron chi connectivity index (χ4n) is 1.78. The molecule has 1 aromatic carbocycles. The van der Waals surface area contributed by atoms with E-state index in [2.05, 4.69) is 5.92 Å². The molecule has 0 amide bonds. The number of carbonyl (C=O) groups is 2. The lowest BCUT2D eigenvalue weighted by Gasteiger charge is -2.21. The monoisotopic (exact) mass is 290 g/mol. The van der Waals surface area contributed by atoms with E-state index >= 15 is 0 Å². The highest BCUT2D eigenvalue weighted by molar-refractivity contribution is 6.02. The summed E-state index contributed by atoms with van der Waals surface area (Å²) in [6.45, 7) is 1.65. The maximum atomic E-state index is 11.9. The Balaban J connectivity index is 2.79.